The van der Waals surface area contributed by atoms with Gasteiger partial charge in [0.05, 0.1) is 6.61 Å². The Hall–Kier alpha value is -2.48. The van der Waals surface area contributed by atoms with Crippen LogP contribution in [0.15, 0.2) is 24.3 Å². The first-order valence-corrected chi connectivity index (χ1v) is 16.1. The van der Waals surface area contributed by atoms with Crippen LogP contribution in [0, 0.1) is 51.2 Å². The van der Waals surface area contributed by atoms with Crippen LogP contribution in [0.1, 0.15) is 80.1 Å². The van der Waals surface area contributed by atoms with Gasteiger partial charge in [0.2, 0.25) is 0 Å². The molecule has 236 valence electrons. The average Bonchev–Trinajstić information content (AvgIpc) is 3.56. The van der Waals surface area contributed by atoms with E-state index in [9.17, 15) is 24.0 Å². The molecule has 0 bridgehead atoms. The maximum atomic E-state index is 14.2. The van der Waals surface area contributed by atoms with Crippen LogP contribution in [-0.4, -0.2) is 54.2 Å². The van der Waals surface area contributed by atoms with E-state index in [4.69, 9.17) is 25.8 Å². The van der Waals surface area contributed by atoms with E-state index in [1.807, 2.05) is 0 Å². The van der Waals surface area contributed by atoms with E-state index in [0.717, 1.165) is 32.1 Å². The molecule has 2 spiro atoms. The van der Waals surface area contributed by atoms with Gasteiger partial charge in [-0.15, -0.1) is 11.6 Å². The van der Waals surface area contributed by atoms with Gasteiger partial charge in [-0.3, -0.25) is 24.0 Å². The van der Waals surface area contributed by atoms with Crippen molar-refractivity contribution in [1.82, 2.24) is 0 Å². The van der Waals surface area contributed by atoms with Crippen molar-refractivity contribution in [1.29, 1.82) is 0 Å². The zero-order valence-electron chi connectivity index (χ0n) is 26.2. The van der Waals surface area contributed by atoms with Crippen LogP contribution in [0.25, 0.3) is 0 Å². The number of allylic oxidation sites excluding steroid dienone is 2. The lowest BCUT2D eigenvalue weighted by Gasteiger charge is -2.60. The van der Waals surface area contributed by atoms with E-state index < -0.39 is 53.1 Å². The SMILES string of the molecule is C=C(C(=O)[C@H](OC(C)=O)C1[C@@H](OC(C)=O)C[C@@]2(C)[C@@H]3CC[C@H]4[C@H](C)C(=O)C=C[C@@]45C[C@@]35CC[C@]12C)[C@@H](C)COC(=O)CCl. The van der Waals surface area contributed by atoms with Gasteiger partial charge in [-0.05, 0) is 83.7 Å². The number of ether oxygens (including phenoxy) is 3. The Balaban J connectivity index is 1.51. The molecule has 0 saturated heterocycles. The van der Waals surface area contributed by atoms with Crippen molar-refractivity contribution in [3.8, 4) is 0 Å². The fourth-order valence-corrected chi connectivity index (χ4v) is 10.6. The lowest BCUT2D eigenvalue weighted by molar-refractivity contribution is -0.173. The van der Waals surface area contributed by atoms with Gasteiger partial charge in [0.1, 0.15) is 12.0 Å². The normalized spacial score (nSPS) is 41.8. The molecule has 43 heavy (non-hydrogen) atoms. The van der Waals surface area contributed by atoms with Crippen LogP contribution in [0.2, 0.25) is 0 Å². The number of halogens is 1. The summed E-state index contributed by atoms with van der Waals surface area (Å²) in [4.78, 5) is 63.4. The second-order valence-electron chi connectivity index (χ2n) is 14.5. The third kappa shape index (κ3) is 4.64. The number of Topliss-reactive ketones (excluding diaryl/α,β-unsaturated/α-hetero) is 1. The number of esters is 3. The third-order valence-corrected chi connectivity index (χ3v) is 13.0. The quantitative estimate of drug-likeness (QED) is 0.147. The van der Waals surface area contributed by atoms with Crippen LogP contribution < -0.4 is 0 Å². The topological polar surface area (TPSA) is 113 Å². The second-order valence-corrected chi connectivity index (χ2v) is 14.8. The highest BCUT2D eigenvalue weighted by molar-refractivity contribution is 6.26. The molecular weight excluding hydrogens is 572 g/mol. The first-order valence-electron chi connectivity index (χ1n) is 15.6. The number of hydrogen-bond acceptors (Lipinski definition) is 8. The summed E-state index contributed by atoms with van der Waals surface area (Å²) in [5, 5.41) is 0. The summed E-state index contributed by atoms with van der Waals surface area (Å²) < 4.78 is 17.0. The van der Waals surface area contributed by atoms with Crippen molar-refractivity contribution in [3.05, 3.63) is 24.3 Å². The average molecular weight is 617 g/mol. The highest BCUT2D eigenvalue weighted by Gasteiger charge is 2.82. The Labute approximate surface area is 259 Å². The van der Waals surface area contributed by atoms with Crippen molar-refractivity contribution in [3.63, 3.8) is 0 Å². The number of rotatable bonds is 9. The Kier molecular flexibility index (Phi) is 8.06. The van der Waals surface area contributed by atoms with Gasteiger partial charge in [-0.2, -0.15) is 0 Å². The van der Waals surface area contributed by atoms with Gasteiger partial charge < -0.3 is 14.2 Å². The molecule has 0 radical (unpaired) electrons. The van der Waals surface area contributed by atoms with Crippen molar-refractivity contribution < 1.29 is 38.2 Å². The van der Waals surface area contributed by atoms with E-state index in [1.54, 1.807) is 13.0 Å². The first-order chi connectivity index (χ1) is 20.1. The fraction of sp³-hybridized carbons (Fsp3) is 0.735. The largest absolute Gasteiger partial charge is 0.464 e. The standard InChI is InChI=1S/C34H45ClO8/c1-18(16-41-27(39)15-35)19(2)29(40)30(43-22(5)37)28-25(42-21(4)36)14-32(7)26-9-8-23-20(3)24(38)10-11-33(23)17-34(26,33)13-12-31(28,32)6/h10-11,18,20,23,25-26,28,30H,2,8-9,12-17H2,1,3-7H3/t18-,20-,23-,25-,26-,28?,30+,31+,32-,33+,34-/m0/s1. The van der Waals surface area contributed by atoms with E-state index in [0.29, 0.717) is 18.3 Å². The summed E-state index contributed by atoms with van der Waals surface area (Å²) in [5.74, 6) is -2.66. The molecule has 9 heteroatoms. The van der Waals surface area contributed by atoms with Crippen molar-refractivity contribution in [2.75, 3.05) is 12.5 Å². The third-order valence-electron chi connectivity index (χ3n) is 12.7. The Morgan fingerprint density at radius 1 is 1.09 bits per heavy atom. The number of carbonyl (C=O) groups excluding carboxylic acids is 5. The lowest BCUT2D eigenvalue weighted by Crippen LogP contribution is -2.57. The van der Waals surface area contributed by atoms with Crippen LogP contribution in [0.3, 0.4) is 0 Å². The maximum Gasteiger partial charge on any atom is 0.320 e. The number of ketones is 2. The Morgan fingerprint density at radius 3 is 2.42 bits per heavy atom. The Bertz CT molecular complexity index is 1290. The predicted octanol–water partition coefficient (Wildman–Crippen LogP) is 5.40. The van der Waals surface area contributed by atoms with Crippen LogP contribution >= 0.6 is 11.6 Å². The van der Waals surface area contributed by atoms with Crippen molar-refractivity contribution >= 4 is 41.1 Å². The molecule has 8 nitrogen and oxygen atoms in total. The first kappa shape index (κ1) is 31.9. The second kappa shape index (κ2) is 10.8. The summed E-state index contributed by atoms with van der Waals surface area (Å²) in [5.41, 5.74) is -0.560. The molecule has 0 aromatic heterocycles. The zero-order valence-corrected chi connectivity index (χ0v) is 27.0. The molecule has 0 aromatic carbocycles. The van der Waals surface area contributed by atoms with Crippen LogP contribution in [0.4, 0.5) is 0 Å². The maximum absolute atomic E-state index is 14.2. The van der Waals surface area contributed by atoms with E-state index >= 15 is 0 Å². The molecule has 0 N–H and O–H groups in total. The molecular formula is C34H45ClO8. The minimum Gasteiger partial charge on any atom is -0.464 e. The number of hydrogen-bond donors (Lipinski definition) is 0. The van der Waals surface area contributed by atoms with Gasteiger partial charge in [0.25, 0.3) is 0 Å². The molecule has 5 aliphatic carbocycles. The highest BCUT2D eigenvalue weighted by Crippen LogP contribution is 2.87. The van der Waals surface area contributed by atoms with E-state index in [-0.39, 0.29) is 46.0 Å². The zero-order chi connectivity index (χ0) is 31.7. The molecule has 5 aliphatic rings. The summed E-state index contributed by atoms with van der Waals surface area (Å²) in [6, 6.07) is 0. The summed E-state index contributed by atoms with van der Waals surface area (Å²) in [6.45, 7) is 14.8. The minimum atomic E-state index is -1.21. The number of fused-ring (bicyclic) bond motifs is 2. The molecule has 11 atom stereocenters. The highest BCUT2D eigenvalue weighted by atomic mass is 35.5. The molecule has 4 saturated carbocycles. The van der Waals surface area contributed by atoms with Crippen molar-refractivity contribution in [2.45, 2.75) is 92.3 Å². The summed E-state index contributed by atoms with van der Waals surface area (Å²) >= 11 is 5.55. The van der Waals surface area contributed by atoms with E-state index in [1.165, 1.54) is 13.8 Å². The van der Waals surface area contributed by atoms with Gasteiger partial charge in [0.15, 0.2) is 17.7 Å². The van der Waals surface area contributed by atoms with E-state index in [2.05, 4.69) is 33.4 Å². The number of alkyl halides is 1. The molecule has 1 unspecified atom stereocenters. The number of carbonyl (C=O) groups is 5. The van der Waals surface area contributed by atoms with Crippen molar-refractivity contribution in [2.24, 2.45) is 51.2 Å². The minimum absolute atomic E-state index is 0.0118. The molecule has 0 aliphatic heterocycles. The van der Waals surface area contributed by atoms with Crippen LogP contribution in [0.5, 0.6) is 0 Å². The molecule has 0 heterocycles. The molecule has 4 fully saturated rings. The van der Waals surface area contributed by atoms with Gasteiger partial charge in [0, 0.05) is 31.6 Å². The van der Waals surface area contributed by atoms with Crippen LogP contribution in [-0.2, 0) is 38.2 Å². The molecule has 5 rings (SSSR count). The van der Waals surface area contributed by atoms with Gasteiger partial charge in [-0.25, -0.2) is 0 Å². The lowest BCUT2D eigenvalue weighted by atomic mass is 9.43. The predicted molar refractivity (Wildman–Crippen MR) is 159 cm³/mol. The van der Waals surface area contributed by atoms with Gasteiger partial charge in [-0.1, -0.05) is 40.3 Å². The fourth-order valence-electron chi connectivity index (χ4n) is 10.5. The smallest absolute Gasteiger partial charge is 0.320 e. The molecule has 0 aromatic rings. The Morgan fingerprint density at radius 2 is 1.79 bits per heavy atom. The monoisotopic (exact) mass is 616 g/mol. The summed E-state index contributed by atoms with van der Waals surface area (Å²) in [7, 11) is 0. The van der Waals surface area contributed by atoms with Gasteiger partial charge >= 0.3 is 17.9 Å². The molecule has 0 amide bonds. The summed E-state index contributed by atoms with van der Waals surface area (Å²) in [6.07, 6.45) is 7.41.